The second-order valence-electron chi connectivity index (χ2n) is 6.23. The molecule has 4 aromatic rings. The number of H-pyrrole nitrogens is 1. The zero-order chi connectivity index (χ0) is 20.8. The molecule has 2 aromatic heterocycles. The van der Waals surface area contributed by atoms with E-state index in [0.717, 1.165) is 12.1 Å². The number of nitrogens with one attached hydrogen (secondary N) is 2. The molecule has 29 heavy (non-hydrogen) atoms. The molecule has 0 aliphatic heterocycles. The fourth-order valence-electron chi connectivity index (χ4n) is 2.83. The van der Waals surface area contributed by atoms with Crippen molar-refractivity contribution < 1.29 is 12.8 Å². The number of rotatable bonds is 4. The minimum atomic E-state index is -4.15. The highest BCUT2D eigenvalue weighted by molar-refractivity contribution is 7.92. The lowest BCUT2D eigenvalue weighted by atomic mass is 10.2. The number of hydrogen-bond donors (Lipinski definition) is 3. The lowest BCUT2D eigenvalue weighted by Gasteiger charge is -2.10. The average Bonchev–Trinajstić information content (AvgIpc) is 3.05. The highest BCUT2D eigenvalue weighted by Crippen LogP contribution is 2.26. The van der Waals surface area contributed by atoms with Gasteiger partial charge < -0.3 is 5.73 Å². The molecule has 0 aliphatic rings. The van der Waals surface area contributed by atoms with Gasteiger partial charge in [-0.1, -0.05) is 11.6 Å². The second kappa shape index (κ2) is 6.98. The van der Waals surface area contributed by atoms with Crippen LogP contribution in [0.2, 0.25) is 5.02 Å². The Hall–Kier alpha value is -3.24. The number of benzene rings is 2. The molecule has 11 heteroatoms. The Morgan fingerprint density at radius 3 is 2.59 bits per heavy atom. The van der Waals surface area contributed by atoms with Gasteiger partial charge in [0, 0.05) is 16.3 Å². The number of aromatic amines is 1. The van der Waals surface area contributed by atoms with Crippen LogP contribution in [-0.4, -0.2) is 28.6 Å². The van der Waals surface area contributed by atoms with E-state index in [-0.39, 0.29) is 10.7 Å². The third kappa shape index (κ3) is 3.59. The number of sulfonamides is 1. The molecule has 8 nitrogen and oxygen atoms in total. The van der Waals surface area contributed by atoms with Crippen LogP contribution in [0, 0.1) is 12.7 Å². The van der Waals surface area contributed by atoms with Gasteiger partial charge in [0.25, 0.3) is 10.0 Å². The number of nitrogens with zero attached hydrogens (tertiary/aromatic N) is 3. The van der Waals surface area contributed by atoms with Gasteiger partial charge in [0.15, 0.2) is 11.5 Å². The maximum absolute atomic E-state index is 13.9. The Kier molecular flexibility index (Phi) is 4.59. The first-order valence-electron chi connectivity index (χ1n) is 8.31. The molecule has 2 aromatic carbocycles. The summed E-state index contributed by atoms with van der Waals surface area (Å²) in [6.07, 6.45) is 0. The highest BCUT2D eigenvalue weighted by atomic mass is 35.5. The Bertz CT molecular complexity index is 1340. The van der Waals surface area contributed by atoms with E-state index in [9.17, 15) is 12.8 Å². The van der Waals surface area contributed by atoms with Gasteiger partial charge in [-0.05, 0) is 49.4 Å². The van der Waals surface area contributed by atoms with Crippen molar-refractivity contribution in [3.8, 4) is 11.4 Å². The van der Waals surface area contributed by atoms with Crippen molar-refractivity contribution in [2.24, 2.45) is 0 Å². The number of aryl methyl sites for hydroxylation is 1. The minimum Gasteiger partial charge on any atom is -0.383 e. The van der Waals surface area contributed by atoms with Crippen LogP contribution in [0.3, 0.4) is 0 Å². The van der Waals surface area contributed by atoms with E-state index in [1.165, 1.54) is 18.2 Å². The molecule has 0 saturated heterocycles. The van der Waals surface area contributed by atoms with E-state index >= 15 is 0 Å². The summed E-state index contributed by atoms with van der Waals surface area (Å²) in [6.45, 7) is 1.79. The molecule has 0 spiro atoms. The Labute approximate surface area is 170 Å². The molecule has 148 valence electrons. The molecule has 0 amide bonds. The molecule has 2 heterocycles. The summed E-state index contributed by atoms with van der Waals surface area (Å²) in [7, 11) is -4.15. The van der Waals surface area contributed by atoms with Crippen molar-refractivity contribution in [2.75, 3.05) is 10.5 Å². The van der Waals surface area contributed by atoms with E-state index in [0.29, 0.717) is 33.9 Å². The zero-order valence-corrected chi connectivity index (χ0v) is 16.5. The standard InChI is InChI=1S/C18H14ClFN6O2S/c1-9-15-16(21)24-25-18(15)23-17(22-9)10-2-5-12(6-3-10)26-29(27,28)14-8-11(19)4-7-13(14)20/h2-8,26H,1H3,(H3,21,22,23,24,25). The normalized spacial score (nSPS) is 11.7. The molecule has 0 saturated carbocycles. The summed E-state index contributed by atoms with van der Waals surface area (Å²) in [4.78, 5) is 8.25. The van der Waals surface area contributed by atoms with E-state index < -0.39 is 20.7 Å². The first kappa shape index (κ1) is 19.1. The highest BCUT2D eigenvalue weighted by Gasteiger charge is 2.20. The van der Waals surface area contributed by atoms with Crippen molar-refractivity contribution >= 4 is 44.2 Å². The number of fused-ring (bicyclic) bond motifs is 1. The predicted molar refractivity (Wildman–Crippen MR) is 108 cm³/mol. The van der Waals surface area contributed by atoms with E-state index in [4.69, 9.17) is 17.3 Å². The Balaban J connectivity index is 1.64. The van der Waals surface area contributed by atoms with Crippen LogP contribution in [-0.2, 0) is 10.0 Å². The Morgan fingerprint density at radius 1 is 1.14 bits per heavy atom. The molecule has 0 bridgehead atoms. The zero-order valence-electron chi connectivity index (χ0n) is 14.9. The number of nitrogen functional groups attached to an aromatic ring is 1. The number of aromatic nitrogens is 4. The predicted octanol–water partition coefficient (Wildman–Crippen LogP) is 3.50. The van der Waals surface area contributed by atoms with E-state index in [1.807, 2.05) is 0 Å². The van der Waals surface area contributed by atoms with Crippen molar-refractivity contribution in [2.45, 2.75) is 11.8 Å². The molecule has 4 rings (SSSR count). The second-order valence-corrected chi connectivity index (χ2v) is 8.31. The topological polar surface area (TPSA) is 127 Å². The smallest absolute Gasteiger partial charge is 0.264 e. The van der Waals surface area contributed by atoms with Crippen LogP contribution >= 0.6 is 11.6 Å². The van der Waals surface area contributed by atoms with Gasteiger partial charge in [0.1, 0.15) is 16.5 Å². The number of hydrogen-bond acceptors (Lipinski definition) is 6. The molecule has 0 fully saturated rings. The quantitative estimate of drug-likeness (QED) is 0.453. The average molecular weight is 433 g/mol. The van der Waals surface area contributed by atoms with E-state index in [2.05, 4.69) is 24.9 Å². The molecular weight excluding hydrogens is 419 g/mol. The first-order valence-corrected chi connectivity index (χ1v) is 10.2. The van der Waals surface area contributed by atoms with Crippen LogP contribution < -0.4 is 10.5 Å². The van der Waals surface area contributed by atoms with Crippen molar-refractivity contribution in [1.82, 2.24) is 20.2 Å². The third-order valence-electron chi connectivity index (χ3n) is 4.20. The molecule has 0 unspecified atom stereocenters. The van der Waals surface area contributed by atoms with Gasteiger partial charge in [0.05, 0.1) is 11.1 Å². The lowest BCUT2D eigenvalue weighted by Crippen LogP contribution is -2.14. The molecule has 0 radical (unpaired) electrons. The molecular formula is C18H14ClFN6O2S. The summed E-state index contributed by atoms with van der Waals surface area (Å²) in [6, 6.07) is 9.66. The summed E-state index contributed by atoms with van der Waals surface area (Å²) in [5.41, 5.74) is 7.81. The summed E-state index contributed by atoms with van der Waals surface area (Å²) in [5, 5.41) is 7.47. The summed E-state index contributed by atoms with van der Waals surface area (Å²) < 4.78 is 41.2. The van der Waals surface area contributed by atoms with Gasteiger partial charge >= 0.3 is 0 Å². The fraction of sp³-hybridized carbons (Fsp3) is 0.0556. The van der Waals surface area contributed by atoms with Crippen LogP contribution in [0.1, 0.15) is 5.69 Å². The van der Waals surface area contributed by atoms with Gasteiger partial charge in [-0.2, -0.15) is 5.10 Å². The van der Waals surface area contributed by atoms with Gasteiger partial charge in [-0.3, -0.25) is 9.82 Å². The van der Waals surface area contributed by atoms with Crippen molar-refractivity contribution in [3.63, 3.8) is 0 Å². The maximum atomic E-state index is 13.9. The molecule has 0 aliphatic carbocycles. The first-order chi connectivity index (χ1) is 13.7. The molecule has 0 atom stereocenters. The Morgan fingerprint density at radius 2 is 1.86 bits per heavy atom. The van der Waals surface area contributed by atoms with Crippen LogP contribution in [0.25, 0.3) is 22.4 Å². The maximum Gasteiger partial charge on any atom is 0.264 e. The van der Waals surface area contributed by atoms with Gasteiger partial charge in [0.2, 0.25) is 0 Å². The number of anilines is 2. The van der Waals surface area contributed by atoms with Crippen molar-refractivity contribution in [3.05, 3.63) is 59.0 Å². The number of nitrogens with two attached hydrogens (primary N) is 1. The van der Waals surface area contributed by atoms with Crippen LogP contribution in [0.15, 0.2) is 47.4 Å². The molecule has 4 N–H and O–H groups in total. The monoisotopic (exact) mass is 432 g/mol. The van der Waals surface area contributed by atoms with E-state index in [1.54, 1.807) is 19.1 Å². The van der Waals surface area contributed by atoms with Crippen LogP contribution in [0.4, 0.5) is 15.9 Å². The summed E-state index contributed by atoms with van der Waals surface area (Å²) in [5.74, 6) is -0.0900. The van der Waals surface area contributed by atoms with Crippen molar-refractivity contribution in [1.29, 1.82) is 0 Å². The van der Waals surface area contributed by atoms with Gasteiger partial charge in [-0.15, -0.1) is 0 Å². The third-order valence-corrected chi connectivity index (χ3v) is 5.83. The minimum absolute atomic E-state index is 0.115. The summed E-state index contributed by atoms with van der Waals surface area (Å²) >= 11 is 5.78. The largest absolute Gasteiger partial charge is 0.383 e. The number of halogens is 2. The van der Waals surface area contributed by atoms with Gasteiger partial charge in [-0.25, -0.2) is 22.8 Å². The lowest BCUT2D eigenvalue weighted by molar-refractivity contribution is 0.570. The van der Waals surface area contributed by atoms with Crippen LogP contribution in [0.5, 0.6) is 0 Å². The SMILES string of the molecule is Cc1nc(-c2ccc(NS(=O)(=O)c3cc(Cl)ccc3F)cc2)nc2n[nH]c(N)c12. The fourth-order valence-corrected chi connectivity index (χ4v) is 4.23.